The third kappa shape index (κ3) is 8.09. The van der Waals surface area contributed by atoms with E-state index in [0.717, 1.165) is 85.5 Å². The second-order valence-corrected chi connectivity index (χ2v) is 17.1. The Hall–Kier alpha value is -4.35. The maximum atomic E-state index is 13.3. The molecule has 4 heterocycles. The van der Waals surface area contributed by atoms with Gasteiger partial charge in [-0.05, 0) is 64.6 Å². The van der Waals surface area contributed by atoms with Crippen molar-refractivity contribution < 1.29 is 19.0 Å². The fourth-order valence-electron chi connectivity index (χ4n) is 7.17. The molecule has 3 aromatic carbocycles. The van der Waals surface area contributed by atoms with Gasteiger partial charge in [-0.25, -0.2) is 4.79 Å². The van der Waals surface area contributed by atoms with Crippen molar-refractivity contribution in [1.29, 1.82) is 0 Å². The average molecular weight is 707 g/mol. The average Bonchev–Trinajstić information content (AvgIpc) is 3.12. The Morgan fingerprint density at radius 3 is 2.45 bits per heavy atom. The molecule has 3 aliphatic heterocycles. The lowest BCUT2D eigenvalue weighted by Crippen LogP contribution is -2.60. The van der Waals surface area contributed by atoms with E-state index in [1.165, 1.54) is 10.9 Å². The van der Waals surface area contributed by atoms with E-state index in [9.17, 15) is 4.79 Å². The second-order valence-electron chi connectivity index (χ2n) is 15.1. The number of carbonyl (C=O) groups excluding carboxylic acids is 1. The fourth-order valence-corrected chi connectivity index (χ4v) is 8.61. The molecule has 0 bridgehead atoms. The Kier molecular flexibility index (Phi) is 10.1. The number of hydrogen-bond donors (Lipinski definition) is 0. The van der Waals surface area contributed by atoms with Gasteiger partial charge in [-0.15, -0.1) is 0 Å². The Labute approximate surface area is 304 Å². The minimum Gasteiger partial charge on any atom is -0.489 e. The summed E-state index contributed by atoms with van der Waals surface area (Å²) in [4.78, 5) is 32.6. The highest BCUT2D eigenvalue weighted by molar-refractivity contribution is 6.41. The van der Waals surface area contributed by atoms with Crippen LogP contribution in [0.1, 0.15) is 50.9 Å². The van der Waals surface area contributed by atoms with Gasteiger partial charge in [0.05, 0.1) is 26.9 Å². The molecule has 0 aliphatic carbocycles. The summed E-state index contributed by atoms with van der Waals surface area (Å²) in [6, 6.07) is 24.5. The number of ether oxygens (including phenoxy) is 3. The number of anilines is 2. The summed E-state index contributed by atoms with van der Waals surface area (Å²) in [7, 11) is 2.70. The van der Waals surface area contributed by atoms with Crippen LogP contribution >= 0.6 is 0 Å². The maximum Gasteiger partial charge on any atom is 0.410 e. The van der Waals surface area contributed by atoms with E-state index in [1.807, 2.05) is 43.9 Å². The number of nitrogens with zero attached hydrogens (tertiary/aromatic N) is 6. The molecular weight excluding hydrogens is 657 g/mol. The topological polar surface area (TPSA) is 83.5 Å². The third-order valence-electron chi connectivity index (χ3n) is 9.98. The molecule has 2 radical (unpaired) electrons. The van der Waals surface area contributed by atoms with Gasteiger partial charge in [-0.1, -0.05) is 60.6 Å². The van der Waals surface area contributed by atoms with Crippen molar-refractivity contribution in [3.05, 3.63) is 83.6 Å². The largest absolute Gasteiger partial charge is 0.489 e. The standard InChI is InChI=1S/C40H50N6O4Si/c1-39(2,3)50-38(47)46-17-11-23-51-40(46,4)28-49-37-41-34-26-45(18-16-33(34)36(42-37)44-21-19-43(5)20-22-44)35-25-31(24-30-14-9-10-15-32(30)35)48-27-29-12-7-6-8-13-29/h6-10,12-15,24-25H,11,16-23,26-28H2,1-5H3/t40-/m0/s1. The molecule has 0 saturated carbocycles. The molecule has 2 fully saturated rings. The first-order chi connectivity index (χ1) is 24.5. The molecule has 10 nitrogen and oxygen atoms in total. The predicted molar refractivity (Wildman–Crippen MR) is 203 cm³/mol. The number of hydrogen-bond acceptors (Lipinski definition) is 9. The van der Waals surface area contributed by atoms with Crippen LogP contribution in [0.2, 0.25) is 6.04 Å². The lowest BCUT2D eigenvalue weighted by atomic mass is 10.0. The van der Waals surface area contributed by atoms with Gasteiger partial charge in [0.2, 0.25) is 0 Å². The summed E-state index contributed by atoms with van der Waals surface area (Å²) < 4.78 is 18.7. The van der Waals surface area contributed by atoms with Crippen LogP contribution in [0.5, 0.6) is 11.8 Å². The third-order valence-corrected chi connectivity index (χ3v) is 11.8. The van der Waals surface area contributed by atoms with E-state index < -0.39 is 10.8 Å². The van der Waals surface area contributed by atoms with Crippen molar-refractivity contribution >= 4 is 37.9 Å². The SMILES string of the molecule is CN1CCN(c2nc(OC[C@]3(C)[Si]CCCN3C(=O)OC(C)(C)C)nc3c2CCN(c2cc(OCc4ccccc4)cc4ccccc24)C3)CC1. The van der Waals surface area contributed by atoms with E-state index in [0.29, 0.717) is 41.8 Å². The highest BCUT2D eigenvalue weighted by Gasteiger charge is 2.41. The highest BCUT2D eigenvalue weighted by atomic mass is 28.2. The van der Waals surface area contributed by atoms with Crippen molar-refractivity contribution in [3.8, 4) is 11.8 Å². The van der Waals surface area contributed by atoms with Crippen LogP contribution in [0.25, 0.3) is 10.8 Å². The number of likely N-dealkylation sites (N-methyl/N-ethyl adjacent to an activating group) is 1. The minimum atomic E-state index is -0.566. The van der Waals surface area contributed by atoms with Crippen molar-refractivity contribution in [1.82, 2.24) is 19.8 Å². The van der Waals surface area contributed by atoms with Crippen LogP contribution in [-0.4, -0.2) is 99.1 Å². The molecule has 1 amide bonds. The summed E-state index contributed by atoms with van der Waals surface area (Å²) in [5, 5.41) is 1.83. The Morgan fingerprint density at radius 2 is 1.67 bits per heavy atom. The first kappa shape index (κ1) is 35.1. The highest BCUT2D eigenvalue weighted by Crippen LogP contribution is 2.37. The smallest absolute Gasteiger partial charge is 0.410 e. The number of carbonyl (C=O) groups is 1. The molecule has 2 saturated heterocycles. The van der Waals surface area contributed by atoms with Gasteiger partial charge < -0.3 is 33.8 Å². The summed E-state index contributed by atoms with van der Waals surface area (Å²) in [5.74, 6) is 1.83. The zero-order valence-corrected chi connectivity index (χ0v) is 31.7. The summed E-state index contributed by atoms with van der Waals surface area (Å²) >= 11 is 0. The van der Waals surface area contributed by atoms with Gasteiger partial charge in [0, 0.05) is 62.0 Å². The molecule has 0 N–H and O–H groups in total. The van der Waals surface area contributed by atoms with Crippen molar-refractivity contribution in [2.75, 3.05) is 62.7 Å². The number of rotatable bonds is 8. The lowest BCUT2D eigenvalue weighted by molar-refractivity contribution is 0.00310. The van der Waals surface area contributed by atoms with Crippen molar-refractivity contribution in [2.24, 2.45) is 0 Å². The number of fused-ring (bicyclic) bond motifs is 2. The zero-order valence-electron chi connectivity index (χ0n) is 30.7. The molecular formula is C40H50N6O4Si. The van der Waals surface area contributed by atoms with Gasteiger partial charge in [-0.3, -0.25) is 0 Å². The normalized spacial score (nSPS) is 19.9. The molecule has 7 rings (SSSR count). The minimum absolute atomic E-state index is 0.289. The van der Waals surface area contributed by atoms with Gasteiger partial charge >= 0.3 is 12.1 Å². The summed E-state index contributed by atoms with van der Waals surface area (Å²) in [6.45, 7) is 14.5. The van der Waals surface area contributed by atoms with E-state index in [1.54, 1.807) is 0 Å². The number of aromatic nitrogens is 2. The fraction of sp³-hybridized carbons (Fsp3) is 0.475. The monoisotopic (exact) mass is 706 g/mol. The number of piperazine rings is 1. The Bertz CT molecular complexity index is 1840. The summed E-state index contributed by atoms with van der Waals surface area (Å²) in [6.07, 6.45) is 1.49. The number of amides is 1. The maximum absolute atomic E-state index is 13.3. The van der Waals surface area contributed by atoms with Gasteiger partial charge in [0.15, 0.2) is 0 Å². The molecule has 51 heavy (non-hydrogen) atoms. The molecule has 11 heteroatoms. The van der Waals surface area contributed by atoms with Crippen molar-refractivity contribution in [3.63, 3.8) is 0 Å². The first-order valence-corrected chi connectivity index (χ1v) is 19.4. The van der Waals surface area contributed by atoms with Gasteiger partial charge in [-0.2, -0.15) is 9.97 Å². The van der Waals surface area contributed by atoms with E-state index >= 15 is 0 Å². The van der Waals surface area contributed by atoms with Gasteiger partial charge in [0.25, 0.3) is 0 Å². The quantitative estimate of drug-likeness (QED) is 0.194. The first-order valence-electron chi connectivity index (χ1n) is 18.2. The van der Waals surface area contributed by atoms with Crippen molar-refractivity contribution in [2.45, 2.75) is 70.5 Å². The molecule has 4 aromatic rings. The van der Waals surface area contributed by atoms with Crippen LogP contribution in [0.15, 0.2) is 66.7 Å². The second kappa shape index (κ2) is 14.7. The van der Waals surface area contributed by atoms with Crippen LogP contribution in [-0.2, 0) is 24.3 Å². The molecule has 0 spiro atoms. The number of benzene rings is 3. The van der Waals surface area contributed by atoms with E-state index in [-0.39, 0.29) is 6.09 Å². The predicted octanol–water partition coefficient (Wildman–Crippen LogP) is 6.38. The van der Waals surface area contributed by atoms with Crippen LogP contribution in [0.4, 0.5) is 16.3 Å². The van der Waals surface area contributed by atoms with Crippen LogP contribution in [0.3, 0.4) is 0 Å². The zero-order chi connectivity index (χ0) is 35.6. The molecule has 1 atom stereocenters. The van der Waals surface area contributed by atoms with E-state index in [4.69, 9.17) is 24.2 Å². The molecule has 0 unspecified atom stereocenters. The van der Waals surface area contributed by atoms with Crippen LogP contribution < -0.4 is 19.3 Å². The van der Waals surface area contributed by atoms with Crippen LogP contribution in [0, 0.1) is 0 Å². The Morgan fingerprint density at radius 1 is 0.902 bits per heavy atom. The molecule has 3 aliphatic rings. The Balaban J connectivity index is 1.18. The van der Waals surface area contributed by atoms with Gasteiger partial charge in [0.1, 0.15) is 30.4 Å². The lowest BCUT2D eigenvalue weighted by Gasteiger charge is -2.44. The molecule has 268 valence electrons. The molecule has 1 aromatic heterocycles. The summed E-state index contributed by atoms with van der Waals surface area (Å²) in [5.41, 5.74) is 3.89. The van der Waals surface area contributed by atoms with E-state index in [2.05, 4.69) is 77.2 Å².